The molecule has 162 valence electrons. The summed E-state index contributed by atoms with van der Waals surface area (Å²) in [7, 11) is -1.70. The first-order valence-electron chi connectivity index (χ1n) is 10.1. The van der Waals surface area contributed by atoms with Crippen LogP contribution >= 0.6 is 0 Å². The second kappa shape index (κ2) is 8.24. The minimum Gasteiger partial charge on any atom is -0.345 e. The van der Waals surface area contributed by atoms with Crippen molar-refractivity contribution in [3.05, 3.63) is 47.3 Å². The lowest BCUT2D eigenvalue weighted by Gasteiger charge is -2.28. The summed E-state index contributed by atoms with van der Waals surface area (Å²) < 4.78 is 39.9. The highest BCUT2D eigenvalue weighted by Gasteiger charge is 2.31. The second-order valence-corrected chi connectivity index (χ2v) is 9.74. The van der Waals surface area contributed by atoms with Gasteiger partial charge in [0.25, 0.3) is 5.91 Å². The number of anilines is 1. The molecule has 2 aromatic rings. The van der Waals surface area contributed by atoms with Crippen LogP contribution in [0.3, 0.4) is 0 Å². The average molecular weight is 443 g/mol. The summed E-state index contributed by atoms with van der Waals surface area (Å²) in [6.45, 7) is 0. The average Bonchev–Trinajstić information content (AvgIpc) is 3.02. The molecule has 1 aliphatic heterocycles. The molecule has 0 radical (unpaired) electrons. The monoisotopic (exact) mass is 442 g/mol. The van der Waals surface area contributed by atoms with Crippen LogP contribution < -0.4 is 10.0 Å². The number of amides is 1. The summed E-state index contributed by atoms with van der Waals surface area (Å²) in [5.74, 6) is -1.14. The molecule has 2 aliphatic rings. The topological polar surface area (TPSA) is 124 Å². The number of nitrogens with one attached hydrogen (secondary N) is 3. The predicted molar refractivity (Wildman–Crippen MR) is 114 cm³/mol. The normalized spacial score (nSPS) is 23.6. The number of hydrogen-bond donors (Lipinski definition) is 3. The van der Waals surface area contributed by atoms with Crippen LogP contribution in [0.15, 0.2) is 29.3 Å². The summed E-state index contributed by atoms with van der Waals surface area (Å²) in [5.41, 5.74) is 0.537. The number of hydrogen-bond acceptors (Lipinski definition) is 5. The zero-order valence-electron chi connectivity index (χ0n) is 17.0. The first-order valence-corrected chi connectivity index (χ1v) is 11.7. The van der Waals surface area contributed by atoms with E-state index in [9.17, 15) is 13.4 Å². The number of carbonyl (C=O) groups is 1. The van der Waals surface area contributed by atoms with E-state index in [1.807, 2.05) is 6.08 Å². The number of aryl methyl sites for hydroxylation is 1. The highest BCUT2D eigenvalue weighted by atomic mass is 32.2. The van der Waals surface area contributed by atoms with E-state index in [0.29, 0.717) is 11.5 Å². The minimum atomic E-state index is -3.33. The van der Waals surface area contributed by atoms with E-state index in [1.165, 1.54) is 23.3 Å². The van der Waals surface area contributed by atoms with Gasteiger partial charge in [0.1, 0.15) is 27.4 Å². The molecule has 10 heteroatoms. The Hall–Kier alpha value is -3.03. The number of rotatable bonds is 3. The second-order valence-electron chi connectivity index (χ2n) is 7.95. The van der Waals surface area contributed by atoms with Crippen LogP contribution in [0.1, 0.15) is 53.8 Å². The van der Waals surface area contributed by atoms with Gasteiger partial charge in [-0.2, -0.15) is 9.65 Å². The van der Waals surface area contributed by atoms with Crippen LogP contribution in [-0.2, 0) is 17.0 Å². The van der Waals surface area contributed by atoms with E-state index in [1.54, 1.807) is 19.2 Å². The van der Waals surface area contributed by atoms with Crippen molar-refractivity contribution in [2.24, 2.45) is 13.0 Å². The lowest BCUT2D eigenvalue weighted by Crippen LogP contribution is -2.38. The first-order chi connectivity index (χ1) is 14.8. The molecule has 1 amide bonds. The largest absolute Gasteiger partial charge is 0.345 e. The third-order valence-electron chi connectivity index (χ3n) is 5.81. The zero-order valence-corrected chi connectivity index (χ0v) is 17.8. The van der Waals surface area contributed by atoms with Crippen molar-refractivity contribution in [3.63, 3.8) is 0 Å². The van der Waals surface area contributed by atoms with Gasteiger partial charge in [-0.1, -0.05) is 31.4 Å². The predicted octanol–water partition coefficient (Wildman–Crippen LogP) is 3.57. The zero-order chi connectivity index (χ0) is 22.2. The Labute approximate surface area is 180 Å². The molecule has 8 nitrogen and oxygen atoms in total. The van der Waals surface area contributed by atoms with Crippen LogP contribution in [0.4, 0.5) is 10.1 Å². The smallest absolute Gasteiger partial charge is 0.272 e. The highest BCUT2D eigenvalue weighted by molar-refractivity contribution is 7.90. The van der Waals surface area contributed by atoms with E-state index in [0.717, 1.165) is 31.7 Å². The number of nitriles is 1. The van der Waals surface area contributed by atoms with Gasteiger partial charge >= 0.3 is 0 Å². The van der Waals surface area contributed by atoms with Crippen LogP contribution in [-0.4, -0.2) is 25.7 Å². The summed E-state index contributed by atoms with van der Waals surface area (Å²) in [4.78, 5) is 16.7. The van der Waals surface area contributed by atoms with Crippen molar-refractivity contribution in [1.82, 2.24) is 14.3 Å². The molecule has 4 rings (SSSR count). The molecule has 2 atom stereocenters. The van der Waals surface area contributed by atoms with Crippen LogP contribution in [0.25, 0.3) is 6.08 Å². The minimum absolute atomic E-state index is 0.0893. The summed E-state index contributed by atoms with van der Waals surface area (Å²) in [5, 5.41) is 11.5. The van der Waals surface area contributed by atoms with Gasteiger partial charge in [-0.15, -0.1) is 0 Å². The number of aromatic nitrogens is 2. The van der Waals surface area contributed by atoms with Crippen LogP contribution in [0.5, 0.6) is 0 Å². The molecule has 0 spiro atoms. The summed E-state index contributed by atoms with van der Waals surface area (Å²) in [6.07, 6.45) is 10.6. The van der Waals surface area contributed by atoms with Crippen LogP contribution in [0.2, 0.25) is 0 Å². The third-order valence-corrected chi connectivity index (χ3v) is 7.35. The number of carbonyl (C=O) groups excluding carboxylic acids is 1. The maximum Gasteiger partial charge on any atom is 0.272 e. The van der Waals surface area contributed by atoms with Gasteiger partial charge in [0.15, 0.2) is 0 Å². The summed E-state index contributed by atoms with van der Waals surface area (Å²) in [6, 6.07) is 3.83. The molecular formula is C21H23FN6O2S. The molecule has 0 bridgehead atoms. The van der Waals surface area contributed by atoms with Gasteiger partial charge < -0.3 is 9.88 Å². The van der Waals surface area contributed by atoms with Gasteiger partial charge in [0, 0.05) is 36.6 Å². The molecule has 0 aromatic carbocycles. The molecule has 0 saturated heterocycles. The van der Waals surface area contributed by atoms with Crippen molar-refractivity contribution >= 4 is 27.6 Å². The Morgan fingerprint density at radius 3 is 2.84 bits per heavy atom. The number of fused-ring (bicyclic) bond motifs is 1. The molecule has 1 aliphatic carbocycles. The van der Waals surface area contributed by atoms with E-state index in [-0.39, 0.29) is 28.0 Å². The maximum atomic E-state index is 13.6. The van der Waals surface area contributed by atoms with Crippen molar-refractivity contribution < 1.29 is 13.4 Å². The fourth-order valence-electron chi connectivity index (χ4n) is 4.35. The number of halogens is 1. The van der Waals surface area contributed by atoms with E-state index in [2.05, 4.69) is 15.0 Å². The third kappa shape index (κ3) is 4.24. The van der Waals surface area contributed by atoms with Crippen LogP contribution in [0, 0.1) is 28.0 Å². The Morgan fingerprint density at radius 2 is 2.13 bits per heavy atom. The van der Waals surface area contributed by atoms with Gasteiger partial charge in [-0.25, -0.2) is 18.7 Å². The molecular weight excluding hydrogens is 419 g/mol. The fourth-order valence-corrected chi connectivity index (χ4v) is 5.91. The first kappa shape index (κ1) is 21.2. The Morgan fingerprint density at radius 1 is 1.39 bits per heavy atom. The van der Waals surface area contributed by atoms with E-state index < -0.39 is 21.8 Å². The number of pyridine rings is 1. The number of nitrogens with zero attached hydrogens (tertiary/aromatic N) is 3. The van der Waals surface area contributed by atoms with E-state index in [4.69, 9.17) is 10.0 Å². The van der Waals surface area contributed by atoms with E-state index >= 15 is 0 Å². The van der Waals surface area contributed by atoms with Crippen molar-refractivity contribution in [3.8, 4) is 6.07 Å². The SMILES string of the molecule is Cn1cc2c(c1C(=O)Nc1cc(F)nc(C#N)c1)C=C[C@@H](C1CCCCC1)NS2(=N)=O. The Bertz CT molecular complexity index is 1210. The molecule has 1 fully saturated rings. The molecule has 3 N–H and O–H groups in total. The fraction of sp³-hybridized carbons (Fsp3) is 0.381. The lowest BCUT2D eigenvalue weighted by molar-refractivity contribution is 0.101. The van der Waals surface area contributed by atoms with Gasteiger partial charge in [-0.3, -0.25) is 4.79 Å². The molecule has 1 unspecified atom stereocenters. The van der Waals surface area contributed by atoms with Crippen molar-refractivity contribution in [1.29, 1.82) is 10.0 Å². The molecule has 2 aromatic heterocycles. The van der Waals surface area contributed by atoms with Gasteiger partial charge in [0.05, 0.1) is 4.90 Å². The molecule has 1 saturated carbocycles. The van der Waals surface area contributed by atoms with Gasteiger partial charge in [-0.05, 0) is 24.8 Å². The maximum absolute atomic E-state index is 13.6. The standard InChI is InChI=1S/C21H23FN6O2S/c1-28-12-18-16(7-8-17(27-31(18,24)30)13-5-3-2-4-6-13)20(28)21(29)26-14-9-15(11-23)25-19(22)10-14/h7-10,12-13,17H,2-6H2,1H3,(H2,24,27,30)(H,25,26,29)/t17-,31?/m0/s1. The van der Waals surface area contributed by atoms with Crippen molar-refractivity contribution in [2.75, 3.05) is 5.32 Å². The Balaban J connectivity index is 1.69. The Kier molecular flexibility index (Phi) is 5.64. The molecule has 3 heterocycles. The van der Waals surface area contributed by atoms with Crippen molar-refractivity contribution in [2.45, 2.75) is 43.0 Å². The van der Waals surface area contributed by atoms with Gasteiger partial charge in [0.2, 0.25) is 5.95 Å². The lowest BCUT2D eigenvalue weighted by atomic mass is 9.84. The quantitative estimate of drug-likeness (QED) is 0.629. The molecule has 31 heavy (non-hydrogen) atoms. The highest BCUT2D eigenvalue weighted by Crippen LogP contribution is 2.32. The summed E-state index contributed by atoms with van der Waals surface area (Å²) >= 11 is 0.